The predicted octanol–water partition coefficient (Wildman–Crippen LogP) is 1.33. The van der Waals surface area contributed by atoms with Crippen molar-refractivity contribution in [2.45, 2.75) is 44.4 Å². The van der Waals surface area contributed by atoms with E-state index in [2.05, 4.69) is 28.3 Å². The third-order valence-electron chi connectivity index (χ3n) is 4.10. The highest BCUT2D eigenvalue weighted by Gasteiger charge is 2.34. The van der Waals surface area contributed by atoms with E-state index in [0.29, 0.717) is 12.6 Å². The fourth-order valence-electron chi connectivity index (χ4n) is 3.01. The highest BCUT2D eigenvalue weighted by molar-refractivity contribution is 5.10. The van der Waals surface area contributed by atoms with Crippen molar-refractivity contribution >= 4 is 0 Å². The van der Waals surface area contributed by atoms with Crippen molar-refractivity contribution in [1.82, 2.24) is 14.5 Å². The molecule has 0 amide bonds. The Hall–Kier alpha value is -0.910. The molecule has 1 atom stereocenters. The number of ether oxygens (including phenoxy) is 1. The summed E-state index contributed by atoms with van der Waals surface area (Å²) in [5.41, 5.74) is 7.23. The fraction of sp³-hybridized carbons (Fsp3) is 0.786. The zero-order chi connectivity index (χ0) is 13.5. The predicted molar refractivity (Wildman–Crippen MR) is 73.9 cm³/mol. The van der Waals surface area contributed by atoms with Crippen molar-refractivity contribution in [3.8, 4) is 0 Å². The van der Waals surface area contributed by atoms with E-state index in [9.17, 15) is 0 Å². The molecule has 5 heteroatoms. The van der Waals surface area contributed by atoms with Crippen LogP contribution < -0.4 is 5.73 Å². The number of rotatable bonds is 4. The molecule has 1 unspecified atom stereocenters. The summed E-state index contributed by atoms with van der Waals surface area (Å²) < 4.78 is 8.11. The molecule has 1 aromatic heterocycles. The van der Waals surface area contributed by atoms with Crippen molar-refractivity contribution in [1.29, 1.82) is 0 Å². The van der Waals surface area contributed by atoms with E-state index in [-0.39, 0.29) is 11.6 Å². The number of morpholine rings is 1. The Morgan fingerprint density at radius 3 is 2.95 bits per heavy atom. The number of imidazole rings is 1. The summed E-state index contributed by atoms with van der Waals surface area (Å²) in [5, 5.41) is 0. The molecular weight excluding hydrogens is 240 g/mol. The minimum Gasteiger partial charge on any atom is -0.373 e. The molecule has 1 saturated heterocycles. The number of hydrogen-bond donors (Lipinski definition) is 1. The van der Waals surface area contributed by atoms with E-state index in [1.54, 1.807) is 0 Å². The number of aromatic nitrogens is 2. The summed E-state index contributed by atoms with van der Waals surface area (Å²) >= 11 is 0. The van der Waals surface area contributed by atoms with E-state index >= 15 is 0 Å². The maximum absolute atomic E-state index is 6.05. The monoisotopic (exact) mass is 264 g/mol. The van der Waals surface area contributed by atoms with Gasteiger partial charge in [0.2, 0.25) is 0 Å². The average Bonchev–Trinajstić information content (AvgIpc) is 3.09. The van der Waals surface area contributed by atoms with Gasteiger partial charge < -0.3 is 15.0 Å². The normalized spacial score (nSPS) is 25.4. The summed E-state index contributed by atoms with van der Waals surface area (Å²) in [6, 6.07) is 0.909. The van der Waals surface area contributed by atoms with Gasteiger partial charge >= 0.3 is 0 Å². The number of nitrogens with zero attached hydrogens (tertiary/aromatic N) is 3. The first-order chi connectivity index (χ1) is 9.11. The molecule has 2 N–H and O–H groups in total. The van der Waals surface area contributed by atoms with Gasteiger partial charge in [0.1, 0.15) is 0 Å². The third kappa shape index (κ3) is 2.68. The maximum Gasteiger partial charge on any atom is 0.0951 e. The standard InChI is InChI=1S/C14H24N4O/c1-14(2)9-17(5-6-19-14)12(7-15)13-8-16-10-18(13)11-3-4-11/h8,10-12H,3-7,9,15H2,1-2H3. The van der Waals surface area contributed by atoms with Crippen LogP contribution in [0.4, 0.5) is 0 Å². The lowest BCUT2D eigenvalue weighted by Gasteiger charge is -2.42. The molecule has 1 aliphatic carbocycles. The van der Waals surface area contributed by atoms with Crippen molar-refractivity contribution in [3.63, 3.8) is 0 Å². The summed E-state index contributed by atoms with van der Waals surface area (Å²) in [6.07, 6.45) is 6.49. The minimum absolute atomic E-state index is 0.0872. The van der Waals surface area contributed by atoms with E-state index in [1.807, 2.05) is 12.5 Å². The van der Waals surface area contributed by atoms with Crippen LogP contribution in [0.15, 0.2) is 12.5 Å². The maximum atomic E-state index is 6.05. The van der Waals surface area contributed by atoms with Crippen LogP contribution in [0.25, 0.3) is 0 Å². The molecule has 1 saturated carbocycles. The fourth-order valence-corrected chi connectivity index (χ4v) is 3.01. The van der Waals surface area contributed by atoms with Gasteiger partial charge in [-0.25, -0.2) is 4.98 Å². The van der Waals surface area contributed by atoms with Crippen molar-refractivity contribution < 1.29 is 4.74 Å². The summed E-state index contributed by atoms with van der Waals surface area (Å²) in [6.45, 7) is 7.57. The lowest BCUT2D eigenvalue weighted by Crippen LogP contribution is -2.51. The van der Waals surface area contributed by atoms with Crippen molar-refractivity contribution in [3.05, 3.63) is 18.2 Å². The van der Waals surface area contributed by atoms with Crippen molar-refractivity contribution in [2.75, 3.05) is 26.2 Å². The Morgan fingerprint density at radius 1 is 1.53 bits per heavy atom. The number of nitrogens with two attached hydrogens (primary N) is 1. The van der Waals surface area contributed by atoms with Crippen LogP contribution in [-0.4, -0.2) is 46.3 Å². The first-order valence-electron chi connectivity index (χ1n) is 7.20. The van der Waals surface area contributed by atoms with E-state index in [4.69, 9.17) is 10.5 Å². The lowest BCUT2D eigenvalue weighted by molar-refractivity contribution is -0.0974. The molecule has 1 aromatic rings. The first-order valence-corrected chi connectivity index (χ1v) is 7.20. The molecule has 5 nitrogen and oxygen atoms in total. The van der Waals surface area contributed by atoms with Gasteiger partial charge in [-0.1, -0.05) is 0 Å². The van der Waals surface area contributed by atoms with Gasteiger partial charge in [-0.15, -0.1) is 0 Å². The van der Waals surface area contributed by atoms with Gasteiger partial charge in [-0.05, 0) is 26.7 Å². The zero-order valence-corrected chi connectivity index (χ0v) is 11.9. The molecule has 0 aromatic carbocycles. The van der Waals surface area contributed by atoms with E-state index < -0.39 is 0 Å². The summed E-state index contributed by atoms with van der Waals surface area (Å²) in [7, 11) is 0. The number of hydrogen-bond acceptors (Lipinski definition) is 4. The Balaban J connectivity index is 1.81. The molecule has 19 heavy (non-hydrogen) atoms. The first kappa shape index (κ1) is 13.1. The Bertz CT molecular complexity index is 438. The molecule has 106 valence electrons. The van der Waals surface area contributed by atoms with Gasteiger partial charge in [-0.3, -0.25) is 4.90 Å². The molecule has 1 aliphatic heterocycles. The van der Waals surface area contributed by atoms with Gasteiger partial charge in [0.25, 0.3) is 0 Å². The Morgan fingerprint density at radius 2 is 2.32 bits per heavy atom. The molecule has 2 fully saturated rings. The summed E-state index contributed by atoms with van der Waals surface area (Å²) in [4.78, 5) is 6.78. The molecular formula is C14H24N4O. The third-order valence-corrected chi connectivity index (χ3v) is 4.10. The second kappa shape index (κ2) is 4.89. The molecule has 0 radical (unpaired) electrons. The van der Waals surface area contributed by atoms with Gasteiger partial charge in [-0.2, -0.15) is 0 Å². The molecule has 3 rings (SSSR count). The van der Waals surface area contributed by atoms with Gasteiger partial charge in [0, 0.05) is 31.9 Å². The molecule has 0 spiro atoms. The SMILES string of the molecule is CC1(C)CN(C(CN)c2cncn2C2CC2)CCO1. The van der Waals surface area contributed by atoms with Crippen LogP contribution >= 0.6 is 0 Å². The van der Waals surface area contributed by atoms with Crippen LogP contribution in [0.1, 0.15) is 44.5 Å². The van der Waals surface area contributed by atoms with Crippen LogP contribution in [0, 0.1) is 0 Å². The second-order valence-electron chi connectivity index (χ2n) is 6.29. The zero-order valence-electron chi connectivity index (χ0n) is 11.9. The lowest BCUT2D eigenvalue weighted by atomic mass is 10.0. The Labute approximate surface area is 114 Å². The van der Waals surface area contributed by atoms with Crippen LogP contribution in [0.5, 0.6) is 0 Å². The largest absolute Gasteiger partial charge is 0.373 e. The average molecular weight is 264 g/mol. The highest BCUT2D eigenvalue weighted by atomic mass is 16.5. The van der Waals surface area contributed by atoms with Crippen LogP contribution in [0.2, 0.25) is 0 Å². The molecule has 0 bridgehead atoms. The van der Waals surface area contributed by atoms with E-state index in [1.165, 1.54) is 18.5 Å². The minimum atomic E-state index is -0.0872. The van der Waals surface area contributed by atoms with Crippen LogP contribution in [0.3, 0.4) is 0 Å². The quantitative estimate of drug-likeness (QED) is 0.891. The topological polar surface area (TPSA) is 56.3 Å². The highest BCUT2D eigenvalue weighted by Crippen LogP contribution is 2.38. The molecule has 2 heterocycles. The molecule has 2 aliphatic rings. The van der Waals surface area contributed by atoms with Gasteiger partial charge in [0.05, 0.1) is 30.3 Å². The smallest absolute Gasteiger partial charge is 0.0951 e. The van der Waals surface area contributed by atoms with Crippen LogP contribution in [-0.2, 0) is 4.74 Å². The summed E-state index contributed by atoms with van der Waals surface area (Å²) in [5.74, 6) is 0. The Kier molecular flexibility index (Phi) is 3.37. The second-order valence-corrected chi connectivity index (χ2v) is 6.29. The van der Waals surface area contributed by atoms with E-state index in [0.717, 1.165) is 19.7 Å². The van der Waals surface area contributed by atoms with Crippen molar-refractivity contribution in [2.24, 2.45) is 5.73 Å². The van der Waals surface area contributed by atoms with Gasteiger partial charge in [0.15, 0.2) is 0 Å².